The van der Waals surface area contributed by atoms with Crippen LogP contribution in [-0.2, 0) is 44.7 Å². The third-order valence-corrected chi connectivity index (χ3v) is 11.5. The van der Waals surface area contributed by atoms with Gasteiger partial charge in [0, 0.05) is 34.7 Å². The van der Waals surface area contributed by atoms with Crippen molar-refractivity contribution in [3.63, 3.8) is 0 Å². The third-order valence-electron chi connectivity index (χ3n) is 11.5. The maximum absolute atomic E-state index is 13.7. The minimum Gasteiger partial charge on any atom is -0.497 e. The van der Waals surface area contributed by atoms with Crippen molar-refractivity contribution >= 4 is 51.9 Å². The number of methoxy groups -OCH3 is 2. The average molecular weight is 1120 g/mol. The zero-order valence-corrected chi connectivity index (χ0v) is 48.8. The fourth-order valence-corrected chi connectivity index (χ4v) is 8.56. The molecule has 0 spiro atoms. The molecule has 0 fully saturated rings. The smallest absolute Gasteiger partial charge is 0.326 e. The lowest BCUT2D eigenvalue weighted by molar-refractivity contribution is -0.385. The first-order valence-corrected chi connectivity index (χ1v) is 26.2. The van der Waals surface area contributed by atoms with Crippen LogP contribution in [0.25, 0.3) is 33.4 Å². The molecule has 1 aliphatic carbocycles. The van der Waals surface area contributed by atoms with E-state index in [1.165, 1.54) is 35.1 Å². The van der Waals surface area contributed by atoms with Gasteiger partial charge in [-0.2, -0.15) is 0 Å². The molecule has 2 aliphatic rings. The molecule has 0 unspecified atom stereocenters. The standard InChI is InChI=1S/C61H73N3O17/c1-37-26-40(72-14)17-21-43(37)57-44-20-16-39(65)28-49(44)77-50-30-42(18-22-45(50)57)76-36-38-27-48(63(34-55(68)80-60(8,9)10)35-56(69)81-61(11,12)13)52(31-47(38)64(70)71)75-25-24-74-51-29-41(73-15)19-23-46(51)62(32-53(66)78-58(2,3)4)33-54(67)79-59(5,6)7/h16-23,26-31H,24-25,32-36H2,1-15H3. The zero-order chi connectivity index (χ0) is 59.8. The predicted octanol–water partition coefficient (Wildman–Crippen LogP) is 10.8. The highest BCUT2D eigenvalue weighted by molar-refractivity contribution is 6.03. The summed E-state index contributed by atoms with van der Waals surface area (Å²) in [5.74, 6) is -1.05. The second-order valence-electron chi connectivity index (χ2n) is 23.1. The van der Waals surface area contributed by atoms with Gasteiger partial charge in [-0.25, -0.2) is 0 Å². The Balaban J connectivity index is 1.40. The molecule has 20 nitrogen and oxygen atoms in total. The van der Waals surface area contributed by atoms with E-state index in [1.54, 1.807) is 133 Å². The highest BCUT2D eigenvalue weighted by Gasteiger charge is 2.31. The van der Waals surface area contributed by atoms with Crippen LogP contribution < -0.4 is 38.9 Å². The van der Waals surface area contributed by atoms with Crippen LogP contribution in [0.3, 0.4) is 0 Å². The molecule has 0 bridgehead atoms. The summed E-state index contributed by atoms with van der Waals surface area (Å²) in [6, 6.07) is 22.7. The average Bonchev–Trinajstić information content (AvgIpc) is 3.46. The molecule has 0 saturated heterocycles. The first-order valence-electron chi connectivity index (χ1n) is 26.2. The van der Waals surface area contributed by atoms with E-state index in [1.807, 2.05) is 25.1 Å². The predicted molar refractivity (Wildman–Crippen MR) is 305 cm³/mol. The van der Waals surface area contributed by atoms with Crippen molar-refractivity contribution in [3.8, 4) is 51.2 Å². The molecule has 0 radical (unpaired) electrons. The molecule has 0 aromatic heterocycles. The van der Waals surface area contributed by atoms with Gasteiger partial charge >= 0.3 is 23.9 Å². The second-order valence-corrected chi connectivity index (χ2v) is 23.1. The lowest BCUT2D eigenvalue weighted by Crippen LogP contribution is -2.40. The van der Waals surface area contributed by atoms with Gasteiger partial charge in [-0.1, -0.05) is 6.07 Å². The largest absolute Gasteiger partial charge is 0.497 e. The summed E-state index contributed by atoms with van der Waals surface area (Å²) in [4.78, 5) is 81.7. The van der Waals surface area contributed by atoms with Gasteiger partial charge in [-0.3, -0.25) is 34.1 Å². The summed E-state index contributed by atoms with van der Waals surface area (Å²) in [5.41, 5.74) is -0.203. The van der Waals surface area contributed by atoms with Crippen molar-refractivity contribution < 1.29 is 71.2 Å². The Morgan fingerprint density at radius 1 is 0.543 bits per heavy atom. The van der Waals surface area contributed by atoms with Crippen LogP contribution in [0.2, 0.25) is 0 Å². The summed E-state index contributed by atoms with van der Waals surface area (Å²) in [6.07, 6.45) is 0. The number of nitrogens with zero attached hydrogens (tertiary/aromatic N) is 3. The van der Waals surface area contributed by atoms with E-state index >= 15 is 0 Å². The maximum Gasteiger partial charge on any atom is 0.326 e. The van der Waals surface area contributed by atoms with E-state index in [-0.39, 0.29) is 60.2 Å². The Labute approximate surface area is 471 Å². The van der Waals surface area contributed by atoms with E-state index < -0.39 is 76.6 Å². The molecular weight excluding hydrogens is 1050 g/mol. The van der Waals surface area contributed by atoms with Crippen molar-refractivity contribution in [2.45, 2.75) is 119 Å². The molecular formula is C61H73N3O17. The van der Waals surface area contributed by atoms with E-state index in [0.717, 1.165) is 22.8 Å². The number of esters is 4. The molecule has 0 atom stereocenters. The Morgan fingerprint density at radius 3 is 1.51 bits per heavy atom. The number of aryl methyl sites for hydroxylation is 1. The van der Waals surface area contributed by atoms with Crippen LogP contribution in [0.4, 0.5) is 17.1 Å². The van der Waals surface area contributed by atoms with E-state index in [2.05, 4.69) is 0 Å². The number of hydrogen-bond donors (Lipinski definition) is 0. The number of nitro benzene ring substituents is 1. The van der Waals surface area contributed by atoms with Gasteiger partial charge in [-0.15, -0.1) is 0 Å². The number of fused-ring (bicyclic) bond motifs is 2. The molecule has 4 aromatic rings. The van der Waals surface area contributed by atoms with Crippen LogP contribution in [0.15, 0.2) is 94.1 Å². The molecule has 0 amide bonds. The quantitative estimate of drug-likeness (QED) is 0.0154. The number of nitro groups is 1. The Kier molecular flexibility index (Phi) is 19.2. The van der Waals surface area contributed by atoms with Crippen LogP contribution in [-0.4, -0.2) is 105 Å². The Bertz CT molecular complexity index is 3240. The van der Waals surface area contributed by atoms with Crippen LogP contribution >= 0.6 is 0 Å². The van der Waals surface area contributed by atoms with Crippen molar-refractivity contribution in [1.82, 2.24) is 0 Å². The molecule has 1 heterocycles. The van der Waals surface area contributed by atoms with Crippen LogP contribution in [0.1, 0.15) is 94.2 Å². The summed E-state index contributed by atoms with van der Waals surface area (Å²) < 4.78 is 58.8. The minimum atomic E-state index is -0.932. The number of hydrogen-bond acceptors (Lipinski definition) is 19. The number of rotatable bonds is 22. The van der Waals surface area contributed by atoms with Gasteiger partial charge in [0.25, 0.3) is 5.69 Å². The van der Waals surface area contributed by atoms with Gasteiger partial charge in [0.1, 0.15) is 108 Å². The van der Waals surface area contributed by atoms with Gasteiger partial charge in [0.2, 0.25) is 0 Å². The zero-order valence-electron chi connectivity index (χ0n) is 48.8. The molecule has 0 N–H and O–H groups in total. The molecule has 434 valence electrons. The van der Waals surface area contributed by atoms with Gasteiger partial charge in [-0.05, 0) is 156 Å². The lowest BCUT2D eigenvalue weighted by atomic mass is 9.91. The molecule has 1 aliphatic heterocycles. The number of carbonyl (C=O) groups is 4. The summed E-state index contributed by atoms with van der Waals surface area (Å²) in [5, 5.41) is 13.8. The molecule has 20 heteroatoms. The number of ether oxygens (including phenoxy) is 9. The highest BCUT2D eigenvalue weighted by Crippen LogP contribution is 2.43. The normalized spacial score (nSPS) is 11.8. The third kappa shape index (κ3) is 17.7. The van der Waals surface area contributed by atoms with Crippen molar-refractivity contribution in [2.75, 3.05) is 63.4 Å². The molecule has 4 aromatic carbocycles. The molecule has 81 heavy (non-hydrogen) atoms. The molecule has 6 rings (SSSR count). The fraction of sp³-hybridized carbons (Fsp3) is 0.426. The van der Waals surface area contributed by atoms with Crippen molar-refractivity contribution in [3.05, 3.63) is 116 Å². The minimum absolute atomic E-state index is 0.0224. The number of benzene rings is 5. The van der Waals surface area contributed by atoms with E-state index in [0.29, 0.717) is 39.5 Å². The van der Waals surface area contributed by atoms with Crippen molar-refractivity contribution in [2.24, 2.45) is 0 Å². The van der Waals surface area contributed by atoms with Gasteiger partial charge in [0.15, 0.2) is 5.43 Å². The fourth-order valence-electron chi connectivity index (χ4n) is 8.56. The highest BCUT2D eigenvalue weighted by atomic mass is 16.6. The van der Waals surface area contributed by atoms with Crippen LogP contribution in [0.5, 0.6) is 28.7 Å². The van der Waals surface area contributed by atoms with E-state index in [9.17, 15) is 34.1 Å². The Hall–Kier alpha value is -8.55. The topological polar surface area (TPSA) is 231 Å². The van der Waals surface area contributed by atoms with Gasteiger partial charge < -0.3 is 56.8 Å². The maximum atomic E-state index is 13.7. The number of carbonyl (C=O) groups excluding carboxylic acids is 4. The van der Waals surface area contributed by atoms with Crippen molar-refractivity contribution in [1.29, 1.82) is 0 Å². The van der Waals surface area contributed by atoms with Crippen LogP contribution in [0, 0.1) is 17.0 Å². The number of anilines is 2. The summed E-state index contributed by atoms with van der Waals surface area (Å²) >= 11 is 0. The Morgan fingerprint density at radius 2 is 1.01 bits per heavy atom. The lowest BCUT2D eigenvalue weighted by Gasteiger charge is -2.29. The monoisotopic (exact) mass is 1120 g/mol. The summed E-state index contributed by atoms with van der Waals surface area (Å²) in [7, 11) is 3.04. The molecule has 0 saturated carbocycles. The second kappa shape index (κ2) is 25.3. The van der Waals surface area contributed by atoms with Gasteiger partial charge in [0.05, 0.1) is 42.1 Å². The first-order chi connectivity index (χ1) is 37.8. The SMILES string of the molecule is COc1ccc(-c2c3ccc(=O)cc-3oc3cc(OCc4cc(N(CC(=O)OC(C)(C)C)CC(=O)OC(C)(C)C)c(OCCOc5cc(OC)ccc5N(CC(=O)OC(C)(C)C)CC(=O)OC(C)(C)C)cc4[N+](=O)[O-])ccc23)c(C)c1. The van der Waals surface area contributed by atoms with E-state index in [4.69, 9.17) is 47.0 Å². The summed E-state index contributed by atoms with van der Waals surface area (Å²) in [6.45, 7) is 19.7. The first kappa shape index (κ1) is 61.7.